The van der Waals surface area contributed by atoms with Crippen LogP contribution < -0.4 is 4.90 Å². The Morgan fingerprint density at radius 1 is 0.333 bits per heavy atom. The third-order valence-corrected chi connectivity index (χ3v) is 16.1. The molecule has 0 N–H and O–H groups in total. The van der Waals surface area contributed by atoms with Gasteiger partial charge >= 0.3 is 0 Å². The standard InChI is InChI=1S/C70H52N2/c1-69(2)61-40-50(32-36-56(61)57-38-35-54(42-63(57)69)71(52-27-12-7-13-28-52)65-30-18-26-46-20-16-17-29-55(46)65)51-33-37-58-59-43-60-66(44-64(59)70(3,4)62(58)41-51)72(53-34-31-45-19-14-15-25-49(45)39-53)68(48-23-10-6-11-24-48)67(60)47-21-8-5-9-22-47/h5-44H,1-4H3. The van der Waals surface area contributed by atoms with Crippen molar-refractivity contribution in [2.75, 3.05) is 4.90 Å². The number of aromatic nitrogens is 1. The summed E-state index contributed by atoms with van der Waals surface area (Å²) < 4.78 is 2.53. The lowest BCUT2D eigenvalue weighted by Crippen LogP contribution is -2.17. The minimum atomic E-state index is -0.246. The van der Waals surface area contributed by atoms with Crippen LogP contribution in [0.4, 0.5) is 17.1 Å². The third-order valence-electron chi connectivity index (χ3n) is 16.1. The Morgan fingerprint density at radius 2 is 0.875 bits per heavy atom. The van der Waals surface area contributed by atoms with Gasteiger partial charge in [0.05, 0.1) is 16.9 Å². The Morgan fingerprint density at radius 3 is 1.57 bits per heavy atom. The summed E-state index contributed by atoms with van der Waals surface area (Å²) in [5.41, 5.74) is 23.5. The minimum absolute atomic E-state index is 0.218. The van der Waals surface area contributed by atoms with Crippen molar-refractivity contribution >= 4 is 49.5 Å². The summed E-state index contributed by atoms with van der Waals surface area (Å²) in [5, 5.41) is 6.19. The summed E-state index contributed by atoms with van der Waals surface area (Å²) in [6.07, 6.45) is 0. The van der Waals surface area contributed by atoms with Crippen LogP contribution in [0.15, 0.2) is 243 Å². The molecule has 12 aromatic rings. The number of para-hydroxylation sites is 1. The van der Waals surface area contributed by atoms with Gasteiger partial charge in [0.25, 0.3) is 0 Å². The molecule has 0 saturated carbocycles. The van der Waals surface area contributed by atoms with Gasteiger partial charge < -0.3 is 9.47 Å². The average Bonchev–Trinajstić information content (AvgIpc) is 3.97. The summed E-state index contributed by atoms with van der Waals surface area (Å²) in [6.45, 7) is 9.65. The van der Waals surface area contributed by atoms with E-state index in [4.69, 9.17) is 0 Å². The summed E-state index contributed by atoms with van der Waals surface area (Å²) >= 11 is 0. The van der Waals surface area contributed by atoms with E-state index in [9.17, 15) is 0 Å². The molecular formula is C70H52N2. The minimum Gasteiger partial charge on any atom is -0.310 e. The van der Waals surface area contributed by atoms with Gasteiger partial charge in [0, 0.05) is 44.2 Å². The van der Waals surface area contributed by atoms with E-state index in [0.717, 1.165) is 17.1 Å². The number of rotatable bonds is 7. The van der Waals surface area contributed by atoms with Crippen molar-refractivity contribution in [3.63, 3.8) is 0 Å². The SMILES string of the molecule is CC1(C)c2cc(-c3ccc4c(c3)C(C)(C)c3cc5c(cc3-4)c(-c3ccccc3)c(-c3ccccc3)n5-c3ccc4ccccc4c3)ccc2-c2ccc(N(c3ccccc3)c3cccc4ccccc34)cc21. The average molecular weight is 921 g/mol. The van der Waals surface area contributed by atoms with Gasteiger partial charge in [-0.15, -0.1) is 0 Å². The molecule has 0 fully saturated rings. The summed E-state index contributed by atoms with van der Waals surface area (Å²) in [4.78, 5) is 2.42. The molecule has 1 aromatic heterocycles. The van der Waals surface area contributed by atoms with Gasteiger partial charge in [-0.3, -0.25) is 0 Å². The van der Waals surface area contributed by atoms with Crippen LogP contribution in [0.5, 0.6) is 0 Å². The van der Waals surface area contributed by atoms with Crippen molar-refractivity contribution in [3.05, 3.63) is 265 Å². The number of hydrogen-bond donors (Lipinski definition) is 0. The normalized spacial score (nSPS) is 13.8. The summed E-state index contributed by atoms with van der Waals surface area (Å²) in [5.74, 6) is 0. The van der Waals surface area contributed by atoms with Crippen molar-refractivity contribution < 1.29 is 0 Å². The van der Waals surface area contributed by atoms with E-state index in [1.807, 2.05) is 0 Å². The van der Waals surface area contributed by atoms with E-state index >= 15 is 0 Å². The van der Waals surface area contributed by atoms with Crippen LogP contribution in [0.25, 0.3) is 93.9 Å². The molecule has 0 saturated heterocycles. The molecule has 0 spiro atoms. The zero-order chi connectivity index (χ0) is 48.3. The first-order valence-electron chi connectivity index (χ1n) is 25.3. The maximum Gasteiger partial charge on any atom is 0.0619 e. The van der Waals surface area contributed by atoms with Crippen molar-refractivity contribution in [1.82, 2.24) is 4.57 Å². The molecule has 1 heterocycles. The van der Waals surface area contributed by atoms with Crippen LogP contribution in [0.1, 0.15) is 49.9 Å². The van der Waals surface area contributed by atoms with E-state index in [2.05, 4.69) is 280 Å². The quantitative estimate of drug-likeness (QED) is 0.155. The first-order chi connectivity index (χ1) is 35.2. The fraction of sp³-hybridized carbons (Fsp3) is 0.0857. The highest BCUT2D eigenvalue weighted by molar-refractivity contribution is 6.09. The van der Waals surface area contributed by atoms with Gasteiger partial charge in [-0.25, -0.2) is 0 Å². The van der Waals surface area contributed by atoms with Gasteiger partial charge in [0.2, 0.25) is 0 Å². The van der Waals surface area contributed by atoms with E-state index < -0.39 is 0 Å². The molecule has 0 atom stereocenters. The lowest BCUT2D eigenvalue weighted by atomic mass is 9.80. The molecule has 0 bridgehead atoms. The molecule has 11 aromatic carbocycles. The van der Waals surface area contributed by atoms with Crippen LogP contribution in [0.2, 0.25) is 0 Å². The fourth-order valence-electron chi connectivity index (χ4n) is 12.5. The Labute approximate surface area is 421 Å². The third kappa shape index (κ3) is 6.35. The van der Waals surface area contributed by atoms with Gasteiger partial charge in [-0.05, 0) is 150 Å². The number of benzene rings is 11. The molecular weight excluding hydrogens is 869 g/mol. The molecule has 2 nitrogen and oxygen atoms in total. The number of hydrogen-bond acceptors (Lipinski definition) is 1. The predicted molar refractivity (Wildman–Crippen MR) is 304 cm³/mol. The molecule has 0 amide bonds. The number of fused-ring (bicyclic) bond motifs is 9. The predicted octanol–water partition coefficient (Wildman–Crippen LogP) is 19.0. The van der Waals surface area contributed by atoms with E-state index in [1.54, 1.807) is 0 Å². The molecule has 342 valence electrons. The maximum atomic E-state index is 2.53. The molecule has 14 rings (SSSR count). The smallest absolute Gasteiger partial charge is 0.0619 e. The van der Waals surface area contributed by atoms with Gasteiger partial charge in [0.1, 0.15) is 0 Å². The molecule has 0 aliphatic heterocycles. The van der Waals surface area contributed by atoms with E-state index in [-0.39, 0.29) is 10.8 Å². The van der Waals surface area contributed by atoms with Gasteiger partial charge in [-0.1, -0.05) is 204 Å². The highest BCUT2D eigenvalue weighted by Crippen LogP contribution is 2.55. The number of nitrogens with zero attached hydrogens (tertiary/aromatic N) is 2. The Kier molecular flexibility index (Phi) is 9.32. The van der Waals surface area contributed by atoms with Crippen LogP contribution in [0.3, 0.4) is 0 Å². The molecule has 2 aliphatic rings. The summed E-state index contributed by atoms with van der Waals surface area (Å²) in [6, 6.07) is 90.3. The highest BCUT2D eigenvalue weighted by Gasteiger charge is 2.39. The van der Waals surface area contributed by atoms with E-state index in [1.165, 1.54) is 116 Å². The molecule has 2 aliphatic carbocycles. The highest BCUT2D eigenvalue weighted by atomic mass is 15.1. The van der Waals surface area contributed by atoms with Crippen LogP contribution in [-0.2, 0) is 10.8 Å². The van der Waals surface area contributed by atoms with Crippen molar-refractivity contribution in [2.45, 2.75) is 38.5 Å². The van der Waals surface area contributed by atoms with E-state index in [0.29, 0.717) is 0 Å². The van der Waals surface area contributed by atoms with Crippen LogP contribution in [0, 0.1) is 0 Å². The largest absolute Gasteiger partial charge is 0.310 e. The first kappa shape index (κ1) is 42.2. The zero-order valence-corrected chi connectivity index (χ0v) is 41.0. The van der Waals surface area contributed by atoms with Crippen LogP contribution in [-0.4, -0.2) is 4.57 Å². The van der Waals surface area contributed by atoms with Crippen LogP contribution >= 0.6 is 0 Å². The summed E-state index contributed by atoms with van der Waals surface area (Å²) in [7, 11) is 0. The Hall–Kier alpha value is -8.72. The van der Waals surface area contributed by atoms with Gasteiger partial charge in [-0.2, -0.15) is 0 Å². The second kappa shape index (κ2) is 15.9. The molecule has 72 heavy (non-hydrogen) atoms. The fourth-order valence-corrected chi connectivity index (χ4v) is 12.5. The number of anilines is 3. The van der Waals surface area contributed by atoms with Crippen molar-refractivity contribution in [2.24, 2.45) is 0 Å². The monoisotopic (exact) mass is 920 g/mol. The molecule has 0 unspecified atom stereocenters. The first-order valence-corrected chi connectivity index (χ1v) is 25.3. The topological polar surface area (TPSA) is 8.17 Å². The Balaban J connectivity index is 0.885. The zero-order valence-electron chi connectivity index (χ0n) is 41.0. The van der Waals surface area contributed by atoms with Crippen molar-refractivity contribution in [1.29, 1.82) is 0 Å². The molecule has 2 heteroatoms. The second-order valence-electron chi connectivity index (χ2n) is 20.9. The maximum absolute atomic E-state index is 2.53. The second-order valence-corrected chi connectivity index (χ2v) is 20.9. The lowest BCUT2D eigenvalue weighted by molar-refractivity contribution is 0.660. The molecule has 0 radical (unpaired) electrons. The van der Waals surface area contributed by atoms with Crippen molar-refractivity contribution in [3.8, 4) is 61.5 Å². The lowest BCUT2D eigenvalue weighted by Gasteiger charge is -2.29. The Bertz CT molecular complexity index is 4130. The van der Waals surface area contributed by atoms with Gasteiger partial charge in [0.15, 0.2) is 0 Å².